The number of rotatable bonds is 6. The lowest BCUT2D eigenvalue weighted by Crippen LogP contribution is -2.34. The molecule has 0 saturated heterocycles. The highest BCUT2D eigenvalue weighted by atomic mass is 32.2. The van der Waals surface area contributed by atoms with E-state index in [9.17, 15) is 9.36 Å². The van der Waals surface area contributed by atoms with Gasteiger partial charge in [0.25, 0.3) is 0 Å². The molecule has 0 aliphatic rings. The first kappa shape index (κ1) is 12.9. The standard InChI is InChI=1S/C5H12NO5PS/c1-13-3-2-4(5(7)8)6-12(9,10)11/h4H,2-3H2,1H3,(H,7,8)(H3,6,9,10,11)/t4-/m0/s1. The smallest absolute Gasteiger partial charge is 0.401 e. The predicted octanol–water partition coefficient (Wildman–Crippen LogP) is -0.125. The Morgan fingerprint density at radius 3 is 2.46 bits per heavy atom. The third-order valence-electron chi connectivity index (χ3n) is 1.23. The molecule has 0 unspecified atom stereocenters. The van der Waals surface area contributed by atoms with Crippen LogP contribution in [0.2, 0.25) is 0 Å². The van der Waals surface area contributed by atoms with E-state index in [0.717, 1.165) is 0 Å². The van der Waals surface area contributed by atoms with E-state index in [0.29, 0.717) is 5.75 Å². The highest BCUT2D eigenvalue weighted by molar-refractivity contribution is 7.98. The second kappa shape index (κ2) is 5.62. The Balaban J connectivity index is 4.11. The molecule has 0 fully saturated rings. The van der Waals surface area contributed by atoms with Crippen LogP contribution in [0.25, 0.3) is 0 Å². The molecule has 0 aliphatic heterocycles. The molecule has 78 valence electrons. The summed E-state index contributed by atoms with van der Waals surface area (Å²) in [6.07, 6.45) is 1.97. The van der Waals surface area contributed by atoms with E-state index in [4.69, 9.17) is 14.9 Å². The summed E-state index contributed by atoms with van der Waals surface area (Å²) in [5.74, 6) is -0.721. The fourth-order valence-corrected chi connectivity index (χ4v) is 1.80. The Morgan fingerprint density at radius 1 is 1.62 bits per heavy atom. The van der Waals surface area contributed by atoms with Crippen molar-refractivity contribution >= 4 is 25.5 Å². The van der Waals surface area contributed by atoms with Crippen molar-refractivity contribution in [2.75, 3.05) is 12.0 Å². The molecule has 0 amide bonds. The first-order chi connectivity index (χ1) is 5.87. The third-order valence-corrected chi connectivity index (χ3v) is 2.52. The normalized spacial score (nSPS) is 14.1. The summed E-state index contributed by atoms with van der Waals surface area (Å²) in [7, 11) is -4.46. The number of aliphatic carboxylic acids is 1. The van der Waals surface area contributed by atoms with Gasteiger partial charge in [-0.2, -0.15) is 11.8 Å². The number of nitrogens with one attached hydrogen (secondary N) is 1. The van der Waals surface area contributed by atoms with Gasteiger partial charge in [-0.15, -0.1) is 0 Å². The highest BCUT2D eigenvalue weighted by Crippen LogP contribution is 2.29. The number of carbonyl (C=O) groups is 1. The first-order valence-corrected chi connectivity index (χ1v) is 6.42. The molecule has 8 heteroatoms. The van der Waals surface area contributed by atoms with Gasteiger partial charge in [0.15, 0.2) is 0 Å². The minimum absolute atomic E-state index is 0.182. The molecule has 1 atom stereocenters. The predicted molar refractivity (Wildman–Crippen MR) is 49.6 cm³/mol. The Labute approximate surface area is 79.9 Å². The average molecular weight is 229 g/mol. The van der Waals surface area contributed by atoms with Gasteiger partial charge >= 0.3 is 13.7 Å². The van der Waals surface area contributed by atoms with Crippen molar-refractivity contribution in [3.05, 3.63) is 0 Å². The molecule has 0 spiro atoms. The number of carboxylic acids is 1. The van der Waals surface area contributed by atoms with Crippen LogP contribution in [0.3, 0.4) is 0 Å². The summed E-state index contributed by atoms with van der Waals surface area (Å²) in [6.45, 7) is 0. The van der Waals surface area contributed by atoms with Crippen LogP contribution in [0.4, 0.5) is 0 Å². The monoisotopic (exact) mass is 229 g/mol. The van der Waals surface area contributed by atoms with Crippen molar-refractivity contribution < 1.29 is 24.3 Å². The molecule has 0 aromatic heterocycles. The Hall–Kier alpha value is -0.0700. The summed E-state index contributed by atoms with van der Waals surface area (Å²) >= 11 is 1.42. The van der Waals surface area contributed by atoms with Gasteiger partial charge in [-0.05, 0) is 18.4 Å². The minimum Gasteiger partial charge on any atom is -0.480 e. The molecule has 0 bridgehead atoms. The Bertz CT molecular complexity index is 217. The van der Waals surface area contributed by atoms with E-state index < -0.39 is 19.8 Å². The molecule has 4 N–H and O–H groups in total. The van der Waals surface area contributed by atoms with E-state index in [1.807, 2.05) is 0 Å². The zero-order valence-electron chi connectivity index (χ0n) is 7.01. The van der Waals surface area contributed by atoms with Gasteiger partial charge in [0, 0.05) is 0 Å². The van der Waals surface area contributed by atoms with E-state index in [1.165, 1.54) is 11.8 Å². The van der Waals surface area contributed by atoms with E-state index in [1.54, 1.807) is 11.3 Å². The number of hydrogen-bond donors (Lipinski definition) is 4. The summed E-state index contributed by atoms with van der Waals surface area (Å²) in [6, 6.07) is -1.19. The van der Waals surface area contributed by atoms with Crippen molar-refractivity contribution in [1.29, 1.82) is 0 Å². The molecule has 0 radical (unpaired) electrons. The quantitative estimate of drug-likeness (QED) is 0.470. The van der Waals surface area contributed by atoms with E-state index >= 15 is 0 Å². The van der Waals surface area contributed by atoms with E-state index in [2.05, 4.69) is 0 Å². The lowest BCUT2D eigenvalue weighted by Gasteiger charge is -2.14. The number of hydrogen-bond acceptors (Lipinski definition) is 3. The largest absolute Gasteiger partial charge is 0.480 e. The molecule has 13 heavy (non-hydrogen) atoms. The Kier molecular flexibility index (Phi) is 5.59. The maximum Gasteiger partial charge on any atom is 0.401 e. The topological polar surface area (TPSA) is 107 Å². The van der Waals surface area contributed by atoms with Crippen LogP contribution >= 0.6 is 19.5 Å². The maximum absolute atomic E-state index is 10.5. The Morgan fingerprint density at radius 2 is 2.15 bits per heavy atom. The second-order valence-corrected chi connectivity index (χ2v) is 4.68. The van der Waals surface area contributed by atoms with Crippen molar-refractivity contribution in [2.45, 2.75) is 12.5 Å². The van der Waals surface area contributed by atoms with Gasteiger partial charge in [-0.1, -0.05) is 0 Å². The van der Waals surface area contributed by atoms with Crippen molar-refractivity contribution in [3.8, 4) is 0 Å². The summed E-state index contributed by atoms with van der Waals surface area (Å²) in [4.78, 5) is 27.4. The van der Waals surface area contributed by atoms with Gasteiger partial charge in [0.05, 0.1) is 0 Å². The zero-order chi connectivity index (χ0) is 10.5. The van der Waals surface area contributed by atoms with Crippen LogP contribution in [-0.2, 0) is 9.36 Å². The van der Waals surface area contributed by atoms with Gasteiger partial charge < -0.3 is 14.9 Å². The van der Waals surface area contributed by atoms with Gasteiger partial charge in [-0.3, -0.25) is 4.79 Å². The zero-order valence-corrected chi connectivity index (χ0v) is 8.72. The fraction of sp³-hybridized carbons (Fsp3) is 0.800. The fourth-order valence-electron chi connectivity index (χ4n) is 0.682. The second-order valence-electron chi connectivity index (χ2n) is 2.35. The molecule has 6 nitrogen and oxygen atoms in total. The molecule has 0 aliphatic carbocycles. The number of thioether (sulfide) groups is 1. The lowest BCUT2D eigenvalue weighted by atomic mass is 10.2. The summed E-state index contributed by atoms with van der Waals surface area (Å²) in [5, 5.41) is 10.3. The molecule has 0 aromatic carbocycles. The van der Waals surface area contributed by atoms with Crippen molar-refractivity contribution in [3.63, 3.8) is 0 Å². The van der Waals surface area contributed by atoms with E-state index in [-0.39, 0.29) is 6.42 Å². The number of carboxylic acid groups (broad SMARTS) is 1. The van der Waals surface area contributed by atoms with Crippen LogP contribution in [0.1, 0.15) is 6.42 Å². The highest BCUT2D eigenvalue weighted by Gasteiger charge is 2.24. The van der Waals surface area contributed by atoms with Crippen LogP contribution in [0.15, 0.2) is 0 Å². The van der Waals surface area contributed by atoms with Crippen molar-refractivity contribution in [2.24, 2.45) is 0 Å². The molecular weight excluding hydrogens is 217 g/mol. The van der Waals surface area contributed by atoms with Gasteiger partial charge in [0.2, 0.25) is 0 Å². The molecule has 0 aromatic rings. The van der Waals surface area contributed by atoms with Crippen LogP contribution in [-0.4, -0.2) is 38.9 Å². The average Bonchev–Trinajstić information content (AvgIpc) is 1.95. The molecular formula is C5H12NO5PS. The maximum atomic E-state index is 10.5. The summed E-state index contributed by atoms with van der Waals surface area (Å²) in [5.41, 5.74) is 0. The molecule has 0 rings (SSSR count). The minimum atomic E-state index is -4.46. The van der Waals surface area contributed by atoms with Gasteiger partial charge in [0.1, 0.15) is 6.04 Å². The third kappa shape index (κ3) is 7.04. The van der Waals surface area contributed by atoms with Crippen LogP contribution < -0.4 is 5.09 Å². The molecule has 0 saturated carbocycles. The molecule has 0 heterocycles. The lowest BCUT2D eigenvalue weighted by molar-refractivity contribution is -0.139. The van der Waals surface area contributed by atoms with Crippen LogP contribution in [0.5, 0.6) is 0 Å². The van der Waals surface area contributed by atoms with Gasteiger partial charge in [-0.25, -0.2) is 9.65 Å². The SMILES string of the molecule is CSCC[C@H](NP(=O)(O)O)C(=O)O. The first-order valence-electron chi connectivity index (χ1n) is 3.42. The summed E-state index contributed by atoms with van der Waals surface area (Å²) < 4.78 is 10.4. The van der Waals surface area contributed by atoms with Crippen molar-refractivity contribution in [1.82, 2.24) is 5.09 Å². The van der Waals surface area contributed by atoms with Crippen LogP contribution in [0, 0.1) is 0 Å².